The molecule has 4 N–H and O–H groups in total. The molecule has 0 bridgehead atoms. The molecule has 0 aliphatic rings. The van der Waals surface area contributed by atoms with Gasteiger partial charge in [0.2, 0.25) is 0 Å². The third kappa shape index (κ3) is 3.90. The van der Waals surface area contributed by atoms with E-state index in [1.54, 1.807) is 30.3 Å². The minimum absolute atomic E-state index is 0.216. The summed E-state index contributed by atoms with van der Waals surface area (Å²) < 4.78 is 0. The summed E-state index contributed by atoms with van der Waals surface area (Å²) in [5.41, 5.74) is 6.28. The first-order valence-electron chi connectivity index (χ1n) is 6.57. The first-order chi connectivity index (χ1) is 10.1. The van der Waals surface area contributed by atoms with Crippen LogP contribution < -0.4 is 16.4 Å². The normalized spacial score (nSPS) is 10.2. The van der Waals surface area contributed by atoms with Gasteiger partial charge in [-0.2, -0.15) is 0 Å². The van der Waals surface area contributed by atoms with Crippen molar-refractivity contribution in [2.75, 3.05) is 18.4 Å². The van der Waals surface area contributed by atoms with Crippen molar-refractivity contribution < 1.29 is 9.59 Å². The molecule has 21 heavy (non-hydrogen) atoms. The topological polar surface area (TPSA) is 84.2 Å². The minimum atomic E-state index is -0.251. The summed E-state index contributed by atoms with van der Waals surface area (Å²) in [6.07, 6.45) is 0. The lowest BCUT2D eigenvalue weighted by atomic mass is 10.1. The van der Waals surface area contributed by atoms with Gasteiger partial charge < -0.3 is 16.4 Å². The summed E-state index contributed by atoms with van der Waals surface area (Å²) in [4.78, 5) is 25.9. The Morgan fingerprint density at radius 3 is 2.57 bits per heavy atom. The van der Waals surface area contributed by atoms with Crippen LogP contribution in [0.15, 0.2) is 36.4 Å². The highest BCUT2D eigenvalue weighted by atomic mass is 32.1. The summed E-state index contributed by atoms with van der Waals surface area (Å²) in [5.74, 6) is -0.467. The van der Waals surface area contributed by atoms with Crippen molar-refractivity contribution in [2.45, 2.75) is 6.92 Å². The van der Waals surface area contributed by atoms with Crippen LogP contribution in [0.4, 0.5) is 5.69 Å². The molecule has 0 aliphatic carbocycles. The molecule has 110 valence electrons. The zero-order valence-corrected chi connectivity index (χ0v) is 12.5. The van der Waals surface area contributed by atoms with Gasteiger partial charge in [0.05, 0.1) is 16.1 Å². The maximum atomic E-state index is 12.2. The van der Waals surface area contributed by atoms with Crippen molar-refractivity contribution in [1.29, 1.82) is 0 Å². The van der Waals surface area contributed by atoms with Crippen LogP contribution in [0, 0.1) is 6.92 Å². The number of hydrogen-bond acceptors (Lipinski definition) is 4. The summed E-state index contributed by atoms with van der Waals surface area (Å²) in [5, 5.41) is 5.47. The van der Waals surface area contributed by atoms with Crippen LogP contribution in [0.2, 0.25) is 0 Å². The van der Waals surface area contributed by atoms with E-state index < -0.39 is 0 Å². The van der Waals surface area contributed by atoms with Crippen LogP contribution >= 0.6 is 11.3 Å². The molecular formula is C15H17N3O2S. The van der Waals surface area contributed by atoms with Crippen LogP contribution in [-0.2, 0) is 0 Å². The van der Waals surface area contributed by atoms with Gasteiger partial charge in [0.15, 0.2) is 0 Å². The number of amides is 2. The second kappa shape index (κ2) is 7.01. The molecule has 0 unspecified atom stereocenters. The van der Waals surface area contributed by atoms with Gasteiger partial charge >= 0.3 is 0 Å². The van der Waals surface area contributed by atoms with Crippen LogP contribution in [0.25, 0.3) is 0 Å². The maximum absolute atomic E-state index is 12.2. The average Bonchev–Trinajstić information content (AvgIpc) is 2.92. The van der Waals surface area contributed by atoms with E-state index in [1.165, 1.54) is 11.3 Å². The predicted molar refractivity (Wildman–Crippen MR) is 84.8 cm³/mol. The summed E-state index contributed by atoms with van der Waals surface area (Å²) in [6, 6.07) is 10.6. The summed E-state index contributed by atoms with van der Waals surface area (Å²) >= 11 is 1.41. The Bertz CT molecular complexity index is 652. The lowest BCUT2D eigenvalue weighted by Gasteiger charge is -2.10. The molecule has 0 atom stereocenters. The van der Waals surface area contributed by atoms with Gasteiger partial charge in [-0.25, -0.2) is 0 Å². The molecule has 0 saturated heterocycles. The summed E-state index contributed by atoms with van der Waals surface area (Å²) in [6.45, 7) is 2.70. The Balaban J connectivity index is 2.16. The van der Waals surface area contributed by atoms with Gasteiger partial charge in [-0.15, -0.1) is 11.3 Å². The van der Waals surface area contributed by atoms with Crippen LogP contribution in [-0.4, -0.2) is 24.9 Å². The van der Waals surface area contributed by atoms with Gasteiger partial charge in [-0.05, 0) is 31.2 Å². The van der Waals surface area contributed by atoms with E-state index in [0.29, 0.717) is 29.2 Å². The number of anilines is 1. The Morgan fingerprint density at radius 2 is 1.90 bits per heavy atom. The zero-order valence-electron chi connectivity index (χ0n) is 11.7. The smallest absolute Gasteiger partial charge is 0.265 e. The van der Waals surface area contributed by atoms with E-state index in [-0.39, 0.29) is 11.8 Å². The largest absolute Gasteiger partial charge is 0.351 e. The SMILES string of the molecule is Cc1ccc(C(=O)Nc2ccccc2C(=O)NCCN)s1. The molecule has 0 spiro atoms. The molecule has 2 amide bonds. The number of rotatable bonds is 5. The molecule has 0 aliphatic heterocycles. The Labute approximate surface area is 127 Å². The molecule has 2 aromatic rings. The quantitative estimate of drug-likeness (QED) is 0.790. The van der Waals surface area contributed by atoms with Crippen LogP contribution in [0.3, 0.4) is 0 Å². The number of nitrogens with one attached hydrogen (secondary N) is 2. The van der Waals surface area contributed by atoms with E-state index in [2.05, 4.69) is 10.6 Å². The molecule has 1 aromatic carbocycles. The Hall–Kier alpha value is -2.18. The zero-order chi connectivity index (χ0) is 15.2. The van der Waals surface area contributed by atoms with Gasteiger partial charge in [0, 0.05) is 18.0 Å². The van der Waals surface area contributed by atoms with E-state index >= 15 is 0 Å². The molecule has 6 heteroatoms. The van der Waals surface area contributed by atoms with Gasteiger partial charge in [-0.1, -0.05) is 12.1 Å². The lowest BCUT2D eigenvalue weighted by molar-refractivity contribution is 0.0955. The average molecular weight is 303 g/mol. The van der Waals surface area contributed by atoms with E-state index in [4.69, 9.17) is 5.73 Å². The van der Waals surface area contributed by atoms with Crippen molar-refractivity contribution in [3.63, 3.8) is 0 Å². The highest BCUT2D eigenvalue weighted by Gasteiger charge is 2.14. The van der Waals surface area contributed by atoms with Crippen molar-refractivity contribution in [2.24, 2.45) is 5.73 Å². The third-order valence-electron chi connectivity index (χ3n) is 2.81. The Morgan fingerprint density at radius 1 is 1.14 bits per heavy atom. The Kier molecular flexibility index (Phi) is 5.08. The van der Waals surface area contributed by atoms with Crippen molar-refractivity contribution in [1.82, 2.24) is 5.32 Å². The van der Waals surface area contributed by atoms with Crippen molar-refractivity contribution in [3.8, 4) is 0 Å². The van der Waals surface area contributed by atoms with Gasteiger partial charge in [-0.3, -0.25) is 9.59 Å². The lowest BCUT2D eigenvalue weighted by Crippen LogP contribution is -2.29. The van der Waals surface area contributed by atoms with E-state index in [1.807, 2.05) is 13.0 Å². The fraction of sp³-hybridized carbons (Fsp3) is 0.200. The molecule has 2 rings (SSSR count). The van der Waals surface area contributed by atoms with E-state index in [9.17, 15) is 9.59 Å². The first-order valence-corrected chi connectivity index (χ1v) is 7.38. The maximum Gasteiger partial charge on any atom is 0.265 e. The van der Waals surface area contributed by atoms with Crippen molar-refractivity contribution >= 4 is 28.8 Å². The number of benzene rings is 1. The van der Waals surface area contributed by atoms with Crippen LogP contribution in [0.5, 0.6) is 0 Å². The predicted octanol–water partition coefficient (Wildman–Crippen LogP) is 2.00. The molecule has 0 saturated carbocycles. The number of para-hydroxylation sites is 1. The number of aryl methyl sites for hydroxylation is 1. The molecule has 0 radical (unpaired) electrons. The molecule has 1 heterocycles. The fourth-order valence-electron chi connectivity index (χ4n) is 1.81. The fourth-order valence-corrected chi connectivity index (χ4v) is 2.57. The molecule has 0 fully saturated rings. The van der Waals surface area contributed by atoms with E-state index in [0.717, 1.165) is 4.88 Å². The number of thiophene rings is 1. The highest BCUT2D eigenvalue weighted by Crippen LogP contribution is 2.19. The number of carbonyl (C=O) groups excluding carboxylic acids is 2. The second-order valence-electron chi connectivity index (χ2n) is 4.45. The molecule has 5 nitrogen and oxygen atoms in total. The van der Waals surface area contributed by atoms with Gasteiger partial charge in [0.25, 0.3) is 11.8 Å². The highest BCUT2D eigenvalue weighted by molar-refractivity contribution is 7.14. The summed E-state index contributed by atoms with van der Waals surface area (Å²) in [7, 11) is 0. The second-order valence-corrected chi connectivity index (χ2v) is 5.74. The number of carbonyl (C=O) groups is 2. The minimum Gasteiger partial charge on any atom is -0.351 e. The first kappa shape index (κ1) is 15.2. The monoisotopic (exact) mass is 303 g/mol. The van der Waals surface area contributed by atoms with Crippen molar-refractivity contribution in [3.05, 3.63) is 51.7 Å². The standard InChI is InChI=1S/C15H17N3O2S/c1-10-6-7-13(21-10)15(20)18-12-5-3-2-4-11(12)14(19)17-9-8-16/h2-7H,8-9,16H2,1H3,(H,17,19)(H,18,20). The number of nitrogens with two attached hydrogens (primary N) is 1. The number of hydrogen-bond donors (Lipinski definition) is 3. The molecular weight excluding hydrogens is 286 g/mol. The van der Waals surface area contributed by atoms with Gasteiger partial charge in [0.1, 0.15) is 0 Å². The third-order valence-corrected chi connectivity index (χ3v) is 3.81. The van der Waals surface area contributed by atoms with Crippen LogP contribution in [0.1, 0.15) is 24.9 Å². The molecule has 1 aromatic heterocycles.